The molecule has 0 aliphatic carbocycles. The van der Waals surface area contributed by atoms with Crippen LogP contribution >= 0.6 is 0 Å². The molecule has 0 saturated carbocycles. The summed E-state index contributed by atoms with van der Waals surface area (Å²) < 4.78 is 11.9. The Bertz CT molecular complexity index is 1110. The first-order chi connectivity index (χ1) is 17.0. The number of nitrogens with one attached hydrogen (secondary N) is 1. The second-order valence-corrected chi connectivity index (χ2v) is 9.49. The van der Waals surface area contributed by atoms with Crippen LogP contribution in [0.15, 0.2) is 72.8 Å². The molecule has 1 aliphatic heterocycles. The number of rotatable bonds is 6. The zero-order valence-electron chi connectivity index (χ0n) is 21.0. The molecule has 0 aromatic heterocycles. The van der Waals surface area contributed by atoms with Crippen LogP contribution in [0.25, 0.3) is 0 Å². The lowest BCUT2D eigenvalue weighted by molar-refractivity contribution is -0.134. The van der Waals surface area contributed by atoms with Gasteiger partial charge in [0.05, 0.1) is 19.1 Å². The van der Waals surface area contributed by atoms with Crippen LogP contribution in [0.3, 0.4) is 0 Å². The lowest BCUT2D eigenvalue weighted by atomic mass is 10.0. The van der Waals surface area contributed by atoms with Crippen molar-refractivity contribution in [2.24, 2.45) is 5.92 Å². The molecular formula is C30H36N2O3. The topological polar surface area (TPSA) is 50.8 Å². The van der Waals surface area contributed by atoms with Crippen molar-refractivity contribution in [2.75, 3.05) is 18.5 Å². The van der Waals surface area contributed by atoms with Gasteiger partial charge in [0.1, 0.15) is 18.1 Å². The van der Waals surface area contributed by atoms with Gasteiger partial charge < -0.3 is 19.7 Å². The van der Waals surface area contributed by atoms with Gasteiger partial charge in [-0.25, -0.2) is 0 Å². The molecule has 1 heterocycles. The van der Waals surface area contributed by atoms with E-state index < -0.39 is 0 Å². The van der Waals surface area contributed by atoms with E-state index >= 15 is 0 Å². The fourth-order valence-electron chi connectivity index (χ4n) is 4.58. The standard InChI is InChI=1S/C30H36N2O3/c1-4-34-27-15-13-23(14-16-27)18-30(33)32-20-25-10-5-7-11-28(25)31-19-24-9-6-8-12-29(24)35-21-26(32)17-22(2)3/h5-16,22,26,31H,4,17-21H2,1-3H3/t26-/m0/s1. The quantitative estimate of drug-likeness (QED) is 0.473. The number of carbonyl (C=O) groups excluding carboxylic acids is 1. The fraction of sp³-hybridized carbons (Fsp3) is 0.367. The van der Waals surface area contributed by atoms with E-state index in [-0.39, 0.29) is 11.9 Å². The van der Waals surface area contributed by atoms with E-state index in [1.807, 2.05) is 66.4 Å². The highest BCUT2D eigenvalue weighted by atomic mass is 16.5. The number of hydrogen-bond donors (Lipinski definition) is 1. The summed E-state index contributed by atoms with van der Waals surface area (Å²) >= 11 is 0. The molecule has 35 heavy (non-hydrogen) atoms. The van der Waals surface area contributed by atoms with Crippen LogP contribution in [-0.2, 0) is 24.3 Å². The molecule has 0 fully saturated rings. The van der Waals surface area contributed by atoms with Crippen LogP contribution in [0.5, 0.6) is 11.5 Å². The van der Waals surface area contributed by atoms with Crippen LogP contribution in [0.4, 0.5) is 5.69 Å². The van der Waals surface area contributed by atoms with Crippen LogP contribution < -0.4 is 14.8 Å². The second-order valence-electron chi connectivity index (χ2n) is 9.49. The summed E-state index contributed by atoms with van der Waals surface area (Å²) in [6.07, 6.45) is 1.21. The third kappa shape index (κ3) is 6.56. The van der Waals surface area contributed by atoms with Gasteiger partial charge in [-0.05, 0) is 54.7 Å². The van der Waals surface area contributed by atoms with Crippen LogP contribution in [-0.4, -0.2) is 30.1 Å². The van der Waals surface area contributed by atoms with Gasteiger partial charge in [0.15, 0.2) is 0 Å². The maximum atomic E-state index is 13.8. The smallest absolute Gasteiger partial charge is 0.227 e. The van der Waals surface area contributed by atoms with Crippen molar-refractivity contribution >= 4 is 11.6 Å². The summed E-state index contributed by atoms with van der Waals surface area (Å²) in [5.41, 5.74) is 4.25. The maximum Gasteiger partial charge on any atom is 0.227 e. The van der Waals surface area contributed by atoms with Crippen molar-refractivity contribution in [1.82, 2.24) is 4.90 Å². The number of fused-ring (bicyclic) bond motifs is 2. The molecule has 3 aromatic rings. The molecule has 0 unspecified atom stereocenters. The van der Waals surface area contributed by atoms with Crippen molar-refractivity contribution in [3.63, 3.8) is 0 Å². The molecule has 1 N–H and O–H groups in total. The van der Waals surface area contributed by atoms with E-state index in [0.29, 0.717) is 38.6 Å². The zero-order chi connectivity index (χ0) is 24.6. The third-order valence-electron chi connectivity index (χ3n) is 6.33. The highest BCUT2D eigenvalue weighted by Gasteiger charge is 2.27. The van der Waals surface area contributed by atoms with Gasteiger partial charge in [0.25, 0.3) is 0 Å². The molecule has 1 amide bonds. The van der Waals surface area contributed by atoms with Crippen molar-refractivity contribution in [2.45, 2.75) is 52.7 Å². The Morgan fingerprint density at radius 2 is 1.74 bits per heavy atom. The van der Waals surface area contributed by atoms with E-state index in [4.69, 9.17) is 9.47 Å². The number of benzene rings is 3. The van der Waals surface area contributed by atoms with Gasteiger partial charge in [-0.2, -0.15) is 0 Å². The minimum absolute atomic E-state index is 0.0376. The van der Waals surface area contributed by atoms with E-state index in [2.05, 4.69) is 37.4 Å². The number of amides is 1. The van der Waals surface area contributed by atoms with E-state index in [9.17, 15) is 4.79 Å². The summed E-state index contributed by atoms with van der Waals surface area (Å²) in [5, 5.41) is 3.57. The Labute approximate surface area is 209 Å². The van der Waals surface area contributed by atoms with E-state index in [1.54, 1.807) is 0 Å². The molecule has 5 heteroatoms. The monoisotopic (exact) mass is 472 g/mol. The predicted octanol–water partition coefficient (Wildman–Crippen LogP) is 6.08. The zero-order valence-corrected chi connectivity index (χ0v) is 21.0. The van der Waals surface area contributed by atoms with Gasteiger partial charge in [0.2, 0.25) is 5.91 Å². The first-order valence-corrected chi connectivity index (χ1v) is 12.6. The van der Waals surface area contributed by atoms with Gasteiger partial charge >= 0.3 is 0 Å². The first-order valence-electron chi connectivity index (χ1n) is 12.6. The van der Waals surface area contributed by atoms with Crippen molar-refractivity contribution in [3.8, 4) is 11.5 Å². The second kappa shape index (κ2) is 11.8. The average molecular weight is 473 g/mol. The van der Waals surface area contributed by atoms with Gasteiger partial charge in [-0.3, -0.25) is 4.79 Å². The van der Waals surface area contributed by atoms with Crippen LogP contribution in [0, 0.1) is 5.92 Å². The molecule has 1 atom stereocenters. The first kappa shape index (κ1) is 24.6. The Morgan fingerprint density at radius 1 is 1.03 bits per heavy atom. The summed E-state index contributed by atoms with van der Waals surface area (Å²) in [7, 11) is 0. The summed E-state index contributed by atoms with van der Waals surface area (Å²) in [6.45, 7) is 8.66. The largest absolute Gasteiger partial charge is 0.494 e. The highest BCUT2D eigenvalue weighted by molar-refractivity contribution is 5.79. The minimum Gasteiger partial charge on any atom is -0.494 e. The molecular weight excluding hydrogens is 436 g/mol. The summed E-state index contributed by atoms with van der Waals surface area (Å²) in [6, 6.07) is 24.2. The Balaban J connectivity index is 1.66. The highest BCUT2D eigenvalue weighted by Crippen LogP contribution is 2.27. The number of anilines is 1. The van der Waals surface area contributed by atoms with Gasteiger partial charge in [-0.15, -0.1) is 0 Å². The summed E-state index contributed by atoms with van der Waals surface area (Å²) in [4.78, 5) is 15.8. The normalized spacial score (nSPS) is 15.8. The molecule has 3 aromatic carbocycles. The summed E-state index contributed by atoms with van der Waals surface area (Å²) in [5.74, 6) is 2.22. The Morgan fingerprint density at radius 3 is 2.49 bits per heavy atom. The molecule has 0 spiro atoms. The number of ether oxygens (including phenoxy) is 2. The van der Waals surface area contributed by atoms with Crippen molar-refractivity contribution in [3.05, 3.63) is 89.5 Å². The number of carbonyl (C=O) groups is 1. The lowest BCUT2D eigenvalue weighted by Crippen LogP contribution is -2.44. The van der Waals surface area contributed by atoms with E-state index in [0.717, 1.165) is 40.3 Å². The molecule has 1 aliphatic rings. The fourth-order valence-corrected chi connectivity index (χ4v) is 4.58. The van der Waals surface area contributed by atoms with Crippen molar-refractivity contribution in [1.29, 1.82) is 0 Å². The molecule has 184 valence electrons. The molecule has 4 rings (SSSR count). The van der Waals surface area contributed by atoms with Crippen LogP contribution in [0.2, 0.25) is 0 Å². The molecule has 0 bridgehead atoms. The average Bonchev–Trinajstić information content (AvgIpc) is 2.88. The van der Waals surface area contributed by atoms with Gasteiger partial charge in [0, 0.05) is 24.3 Å². The molecule has 5 nitrogen and oxygen atoms in total. The Kier molecular flexibility index (Phi) is 8.30. The number of para-hydroxylation sites is 2. The Hall–Kier alpha value is -3.47. The SMILES string of the molecule is CCOc1ccc(CC(=O)N2Cc3ccccc3NCc3ccccc3OC[C@@H]2CC(C)C)cc1. The molecule has 0 saturated heterocycles. The molecule has 0 radical (unpaired) electrons. The number of nitrogens with zero attached hydrogens (tertiary/aromatic N) is 1. The van der Waals surface area contributed by atoms with Crippen molar-refractivity contribution < 1.29 is 14.3 Å². The maximum absolute atomic E-state index is 13.8. The lowest BCUT2D eigenvalue weighted by Gasteiger charge is -2.33. The minimum atomic E-state index is -0.0376. The predicted molar refractivity (Wildman–Crippen MR) is 141 cm³/mol. The number of hydrogen-bond acceptors (Lipinski definition) is 4. The third-order valence-corrected chi connectivity index (χ3v) is 6.33. The van der Waals surface area contributed by atoms with Gasteiger partial charge in [-0.1, -0.05) is 62.4 Å². The van der Waals surface area contributed by atoms with E-state index in [1.165, 1.54) is 0 Å². The van der Waals surface area contributed by atoms with Crippen LogP contribution in [0.1, 0.15) is 43.9 Å².